The normalized spacial score (nSPS) is 17.5. The number of nitrogens with one attached hydrogen (secondary N) is 2. The Kier molecular flexibility index (Phi) is 5.08. The molecule has 1 unspecified atom stereocenters. The quantitative estimate of drug-likeness (QED) is 0.793. The predicted octanol–water partition coefficient (Wildman–Crippen LogP) is 2.44. The molecule has 4 nitrogen and oxygen atoms in total. The highest BCUT2D eigenvalue weighted by atomic mass is 32.1. The van der Waals surface area contributed by atoms with Gasteiger partial charge < -0.3 is 15.7 Å². The SMILES string of the molecule is O=C(CC1CCNCC1)NCC(O)c1cc2ccccc2s1. The lowest BCUT2D eigenvalue weighted by Crippen LogP contribution is -2.33. The molecule has 1 amide bonds. The Morgan fingerprint density at radius 2 is 2.14 bits per heavy atom. The third kappa shape index (κ3) is 3.85. The molecule has 118 valence electrons. The smallest absolute Gasteiger partial charge is 0.220 e. The highest BCUT2D eigenvalue weighted by Crippen LogP contribution is 2.29. The largest absolute Gasteiger partial charge is 0.386 e. The van der Waals surface area contributed by atoms with Crippen LogP contribution in [0.15, 0.2) is 30.3 Å². The van der Waals surface area contributed by atoms with E-state index in [0.717, 1.165) is 40.9 Å². The van der Waals surface area contributed by atoms with Crippen LogP contribution in [0, 0.1) is 5.92 Å². The average Bonchev–Trinajstić information content (AvgIpc) is 2.98. The summed E-state index contributed by atoms with van der Waals surface area (Å²) < 4.78 is 1.16. The van der Waals surface area contributed by atoms with Gasteiger partial charge in [0.05, 0.1) is 0 Å². The maximum atomic E-state index is 12.0. The first-order valence-corrected chi connectivity index (χ1v) is 8.68. The van der Waals surface area contributed by atoms with Gasteiger partial charge in [0.15, 0.2) is 0 Å². The van der Waals surface area contributed by atoms with Crippen molar-refractivity contribution in [3.05, 3.63) is 35.2 Å². The van der Waals surface area contributed by atoms with Crippen LogP contribution in [0.25, 0.3) is 10.1 Å². The van der Waals surface area contributed by atoms with Gasteiger partial charge >= 0.3 is 0 Å². The molecule has 0 aliphatic carbocycles. The van der Waals surface area contributed by atoms with E-state index in [9.17, 15) is 9.90 Å². The summed E-state index contributed by atoms with van der Waals surface area (Å²) in [7, 11) is 0. The summed E-state index contributed by atoms with van der Waals surface area (Å²) in [6.07, 6.45) is 2.06. The molecule has 3 N–H and O–H groups in total. The number of hydrogen-bond acceptors (Lipinski definition) is 4. The van der Waals surface area contributed by atoms with Gasteiger partial charge in [-0.05, 0) is 49.4 Å². The summed E-state index contributed by atoms with van der Waals surface area (Å²) in [5.41, 5.74) is 0. The van der Waals surface area contributed by atoms with Crippen molar-refractivity contribution >= 4 is 27.3 Å². The zero-order valence-electron chi connectivity index (χ0n) is 12.5. The van der Waals surface area contributed by atoms with Crippen LogP contribution in [0.2, 0.25) is 0 Å². The van der Waals surface area contributed by atoms with Crippen molar-refractivity contribution in [3.8, 4) is 0 Å². The van der Waals surface area contributed by atoms with Crippen LogP contribution < -0.4 is 10.6 Å². The molecule has 22 heavy (non-hydrogen) atoms. The minimum Gasteiger partial charge on any atom is -0.386 e. The van der Waals surface area contributed by atoms with Crippen molar-refractivity contribution in [2.45, 2.75) is 25.4 Å². The number of fused-ring (bicyclic) bond motifs is 1. The van der Waals surface area contributed by atoms with Crippen molar-refractivity contribution in [2.24, 2.45) is 5.92 Å². The van der Waals surface area contributed by atoms with Gasteiger partial charge in [-0.15, -0.1) is 11.3 Å². The standard InChI is InChI=1S/C17H22N2O2S/c20-14(16-10-13-3-1-2-4-15(13)22-16)11-19-17(21)9-12-5-7-18-8-6-12/h1-4,10,12,14,18,20H,5-9,11H2,(H,19,21). The summed E-state index contributed by atoms with van der Waals surface area (Å²) in [6, 6.07) is 10.1. The van der Waals surface area contributed by atoms with Crippen molar-refractivity contribution in [1.82, 2.24) is 10.6 Å². The van der Waals surface area contributed by atoms with E-state index in [1.165, 1.54) is 0 Å². The Labute approximate surface area is 134 Å². The van der Waals surface area contributed by atoms with Gasteiger partial charge in [-0.3, -0.25) is 4.79 Å². The van der Waals surface area contributed by atoms with Gasteiger partial charge in [-0.25, -0.2) is 0 Å². The Morgan fingerprint density at radius 3 is 2.91 bits per heavy atom. The van der Waals surface area contributed by atoms with Crippen LogP contribution in [-0.4, -0.2) is 30.6 Å². The number of hydrogen-bond donors (Lipinski definition) is 3. The number of amides is 1. The Balaban J connectivity index is 1.50. The van der Waals surface area contributed by atoms with E-state index in [1.54, 1.807) is 11.3 Å². The van der Waals surface area contributed by atoms with Crippen molar-refractivity contribution < 1.29 is 9.90 Å². The van der Waals surface area contributed by atoms with Crippen molar-refractivity contribution in [2.75, 3.05) is 19.6 Å². The molecule has 2 heterocycles. The molecule has 0 saturated carbocycles. The van der Waals surface area contributed by atoms with E-state index in [-0.39, 0.29) is 12.5 Å². The van der Waals surface area contributed by atoms with E-state index in [0.29, 0.717) is 12.3 Å². The summed E-state index contributed by atoms with van der Waals surface area (Å²) in [4.78, 5) is 12.9. The monoisotopic (exact) mass is 318 g/mol. The number of carbonyl (C=O) groups is 1. The second-order valence-corrected chi connectivity index (χ2v) is 7.02. The van der Waals surface area contributed by atoms with E-state index in [2.05, 4.69) is 10.6 Å². The van der Waals surface area contributed by atoms with Gasteiger partial charge in [0.1, 0.15) is 6.10 Å². The maximum Gasteiger partial charge on any atom is 0.220 e. The fourth-order valence-corrected chi connectivity index (χ4v) is 3.95. The van der Waals surface area contributed by atoms with E-state index >= 15 is 0 Å². The Bertz CT molecular complexity index is 601. The van der Waals surface area contributed by atoms with Gasteiger partial charge in [0, 0.05) is 22.5 Å². The lowest BCUT2D eigenvalue weighted by molar-refractivity contribution is -0.122. The number of rotatable bonds is 5. The molecule has 5 heteroatoms. The van der Waals surface area contributed by atoms with Gasteiger partial charge in [-0.2, -0.15) is 0 Å². The lowest BCUT2D eigenvalue weighted by Gasteiger charge is -2.22. The molecule has 3 rings (SSSR count). The van der Waals surface area contributed by atoms with Crippen LogP contribution >= 0.6 is 11.3 Å². The molecule has 0 radical (unpaired) electrons. The number of aliphatic hydroxyl groups is 1. The lowest BCUT2D eigenvalue weighted by atomic mass is 9.94. The zero-order chi connectivity index (χ0) is 15.4. The number of carbonyl (C=O) groups excluding carboxylic acids is 1. The number of aliphatic hydroxyl groups excluding tert-OH is 1. The van der Waals surface area contributed by atoms with Crippen molar-refractivity contribution in [1.29, 1.82) is 0 Å². The number of thiophene rings is 1. The topological polar surface area (TPSA) is 61.4 Å². The van der Waals surface area contributed by atoms with Crippen LogP contribution in [0.4, 0.5) is 0 Å². The molecular formula is C17H22N2O2S. The van der Waals surface area contributed by atoms with Crippen molar-refractivity contribution in [3.63, 3.8) is 0 Å². The third-order valence-corrected chi connectivity index (χ3v) is 5.42. The first-order valence-electron chi connectivity index (χ1n) is 7.86. The molecule has 1 fully saturated rings. The van der Waals surface area contributed by atoms with E-state index in [4.69, 9.17) is 0 Å². The molecule has 0 spiro atoms. The average molecular weight is 318 g/mol. The third-order valence-electron chi connectivity index (χ3n) is 4.20. The zero-order valence-corrected chi connectivity index (χ0v) is 13.4. The summed E-state index contributed by atoms with van der Waals surface area (Å²) in [6.45, 7) is 2.29. The molecule has 1 aliphatic rings. The molecule has 1 saturated heterocycles. The Morgan fingerprint density at radius 1 is 1.36 bits per heavy atom. The number of piperidine rings is 1. The Hall–Kier alpha value is -1.43. The van der Waals surface area contributed by atoms with Crippen LogP contribution in [0.1, 0.15) is 30.2 Å². The maximum absolute atomic E-state index is 12.0. The summed E-state index contributed by atoms with van der Waals surface area (Å²) in [5, 5.41) is 17.6. The first-order chi connectivity index (χ1) is 10.7. The van der Waals surface area contributed by atoms with Crippen LogP contribution in [0.3, 0.4) is 0 Å². The predicted molar refractivity (Wildman–Crippen MR) is 90.0 cm³/mol. The molecule has 1 aliphatic heterocycles. The van der Waals surface area contributed by atoms with Crippen LogP contribution in [-0.2, 0) is 4.79 Å². The summed E-state index contributed by atoms with van der Waals surface area (Å²) >= 11 is 1.58. The van der Waals surface area contributed by atoms with Gasteiger partial charge in [-0.1, -0.05) is 18.2 Å². The molecule has 1 aromatic carbocycles. The van der Waals surface area contributed by atoms with Gasteiger partial charge in [0.25, 0.3) is 0 Å². The number of benzene rings is 1. The second kappa shape index (κ2) is 7.22. The highest BCUT2D eigenvalue weighted by molar-refractivity contribution is 7.19. The second-order valence-electron chi connectivity index (χ2n) is 5.90. The highest BCUT2D eigenvalue weighted by Gasteiger charge is 2.18. The fraction of sp³-hybridized carbons (Fsp3) is 0.471. The van der Waals surface area contributed by atoms with Crippen LogP contribution in [0.5, 0.6) is 0 Å². The molecule has 0 bridgehead atoms. The van der Waals surface area contributed by atoms with E-state index in [1.807, 2.05) is 30.3 Å². The molecule has 2 aromatic rings. The first kappa shape index (κ1) is 15.5. The van der Waals surface area contributed by atoms with Gasteiger partial charge in [0.2, 0.25) is 5.91 Å². The minimum absolute atomic E-state index is 0.0482. The fourth-order valence-electron chi connectivity index (χ4n) is 2.90. The summed E-state index contributed by atoms with van der Waals surface area (Å²) in [5.74, 6) is 0.523. The molecular weight excluding hydrogens is 296 g/mol. The minimum atomic E-state index is -0.630. The molecule has 1 aromatic heterocycles. The van der Waals surface area contributed by atoms with E-state index < -0.39 is 6.10 Å². The molecule has 1 atom stereocenters.